The Hall–Kier alpha value is -1.36. The summed E-state index contributed by atoms with van der Waals surface area (Å²) in [6.45, 7) is 2.90. The normalized spacial score (nSPS) is 13.1. The third kappa shape index (κ3) is 3.71. The molecule has 0 aliphatic heterocycles. The first kappa shape index (κ1) is 11.7. The molecular formula is C10H19N5. The molecule has 0 saturated heterocycles. The molecule has 0 fully saturated rings. The van der Waals surface area contributed by atoms with Crippen LogP contribution in [0.5, 0.6) is 0 Å². The minimum Gasteiger partial charge on any atom is -0.388 e. The van der Waals surface area contributed by atoms with E-state index in [-0.39, 0.29) is 11.9 Å². The van der Waals surface area contributed by atoms with Gasteiger partial charge in [0.1, 0.15) is 0 Å². The standard InChI is InChI=1S/C10H19N5/c1-8(4-10(11)12)14(2)6-9-5-13-15(3)7-9/h5,7-8H,4,6H2,1-3H3,(H3,11,12). The van der Waals surface area contributed by atoms with Crippen molar-refractivity contribution in [2.75, 3.05) is 7.05 Å². The third-order valence-corrected chi connectivity index (χ3v) is 2.46. The lowest BCUT2D eigenvalue weighted by Gasteiger charge is -2.23. The SMILES string of the molecule is CC(CC(=N)N)N(C)Cc1cnn(C)c1. The van der Waals surface area contributed by atoms with Gasteiger partial charge in [-0.25, -0.2) is 0 Å². The van der Waals surface area contributed by atoms with Gasteiger partial charge in [-0.3, -0.25) is 15.0 Å². The smallest absolute Gasteiger partial charge is 0.0920 e. The zero-order chi connectivity index (χ0) is 11.4. The Balaban J connectivity index is 2.47. The van der Waals surface area contributed by atoms with Crippen molar-refractivity contribution >= 4 is 5.84 Å². The summed E-state index contributed by atoms with van der Waals surface area (Å²) in [5.74, 6) is 0.237. The minimum atomic E-state index is 0.237. The van der Waals surface area contributed by atoms with Crippen molar-refractivity contribution in [3.63, 3.8) is 0 Å². The monoisotopic (exact) mass is 209 g/mol. The number of hydrogen-bond acceptors (Lipinski definition) is 3. The molecule has 1 heterocycles. The van der Waals surface area contributed by atoms with Crippen LogP contribution in [0.4, 0.5) is 0 Å². The molecule has 1 unspecified atom stereocenters. The number of nitrogens with two attached hydrogens (primary N) is 1. The lowest BCUT2D eigenvalue weighted by atomic mass is 10.2. The summed E-state index contributed by atoms with van der Waals surface area (Å²) in [7, 11) is 3.93. The Bertz CT molecular complexity index is 330. The summed E-state index contributed by atoms with van der Waals surface area (Å²) in [5, 5.41) is 11.3. The largest absolute Gasteiger partial charge is 0.388 e. The Morgan fingerprint density at radius 2 is 2.40 bits per heavy atom. The molecule has 1 rings (SSSR count). The predicted octanol–water partition coefficient (Wildman–Crippen LogP) is 0.566. The van der Waals surface area contributed by atoms with Crippen LogP contribution < -0.4 is 5.73 Å². The molecule has 0 amide bonds. The van der Waals surface area contributed by atoms with Gasteiger partial charge in [-0.2, -0.15) is 5.10 Å². The van der Waals surface area contributed by atoms with E-state index in [0.717, 1.165) is 6.54 Å². The van der Waals surface area contributed by atoms with Crippen molar-refractivity contribution < 1.29 is 0 Å². The lowest BCUT2D eigenvalue weighted by molar-refractivity contribution is 0.254. The second-order valence-corrected chi connectivity index (χ2v) is 4.02. The van der Waals surface area contributed by atoms with Gasteiger partial charge >= 0.3 is 0 Å². The second kappa shape index (κ2) is 4.93. The highest BCUT2D eigenvalue weighted by atomic mass is 15.2. The van der Waals surface area contributed by atoms with Crippen molar-refractivity contribution in [2.45, 2.75) is 25.9 Å². The van der Waals surface area contributed by atoms with Gasteiger partial charge in [0.2, 0.25) is 0 Å². The fraction of sp³-hybridized carbons (Fsp3) is 0.600. The van der Waals surface area contributed by atoms with Gasteiger partial charge in [-0.15, -0.1) is 0 Å². The van der Waals surface area contributed by atoms with Crippen LogP contribution in [0, 0.1) is 5.41 Å². The van der Waals surface area contributed by atoms with Crippen molar-refractivity contribution in [1.29, 1.82) is 5.41 Å². The molecule has 3 N–H and O–H groups in total. The van der Waals surface area contributed by atoms with E-state index >= 15 is 0 Å². The maximum Gasteiger partial charge on any atom is 0.0920 e. The molecule has 84 valence electrons. The molecular weight excluding hydrogens is 190 g/mol. The van der Waals surface area contributed by atoms with Crippen LogP contribution in [0.15, 0.2) is 12.4 Å². The molecule has 0 aliphatic carbocycles. The topological polar surface area (TPSA) is 70.9 Å². The van der Waals surface area contributed by atoms with E-state index in [1.165, 1.54) is 5.56 Å². The van der Waals surface area contributed by atoms with E-state index in [0.29, 0.717) is 6.42 Å². The fourth-order valence-corrected chi connectivity index (χ4v) is 1.47. The van der Waals surface area contributed by atoms with Crippen LogP contribution >= 0.6 is 0 Å². The van der Waals surface area contributed by atoms with Crippen LogP contribution in [-0.4, -0.2) is 33.6 Å². The van der Waals surface area contributed by atoms with Crippen molar-refractivity contribution in [3.8, 4) is 0 Å². The highest BCUT2D eigenvalue weighted by Gasteiger charge is 2.11. The number of hydrogen-bond donors (Lipinski definition) is 2. The molecule has 5 heteroatoms. The van der Waals surface area contributed by atoms with E-state index in [4.69, 9.17) is 11.1 Å². The number of rotatable bonds is 5. The Morgan fingerprint density at radius 1 is 1.73 bits per heavy atom. The molecule has 0 spiro atoms. The van der Waals surface area contributed by atoms with E-state index in [1.807, 2.05) is 26.5 Å². The van der Waals surface area contributed by atoms with Crippen LogP contribution in [0.1, 0.15) is 18.9 Å². The third-order valence-electron chi connectivity index (χ3n) is 2.46. The van der Waals surface area contributed by atoms with Crippen molar-refractivity contribution in [2.24, 2.45) is 12.8 Å². The second-order valence-electron chi connectivity index (χ2n) is 4.02. The molecule has 0 bridgehead atoms. The molecule has 1 atom stereocenters. The lowest BCUT2D eigenvalue weighted by Crippen LogP contribution is -2.32. The minimum absolute atomic E-state index is 0.237. The van der Waals surface area contributed by atoms with Crippen LogP contribution in [-0.2, 0) is 13.6 Å². The van der Waals surface area contributed by atoms with Crippen molar-refractivity contribution in [1.82, 2.24) is 14.7 Å². The van der Waals surface area contributed by atoms with Gasteiger partial charge in [0, 0.05) is 37.8 Å². The van der Waals surface area contributed by atoms with Crippen molar-refractivity contribution in [3.05, 3.63) is 18.0 Å². The number of aryl methyl sites for hydroxylation is 1. The van der Waals surface area contributed by atoms with Gasteiger partial charge in [0.05, 0.1) is 12.0 Å². The predicted molar refractivity (Wildman–Crippen MR) is 60.7 cm³/mol. The number of nitrogens with zero attached hydrogens (tertiary/aromatic N) is 3. The summed E-state index contributed by atoms with van der Waals surface area (Å²) in [4.78, 5) is 2.17. The molecule has 0 radical (unpaired) electrons. The molecule has 0 aromatic carbocycles. The summed E-state index contributed by atoms with van der Waals surface area (Å²) in [6.07, 6.45) is 4.46. The average molecular weight is 209 g/mol. The molecule has 15 heavy (non-hydrogen) atoms. The summed E-state index contributed by atoms with van der Waals surface area (Å²) < 4.78 is 1.79. The maximum atomic E-state index is 7.24. The highest BCUT2D eigenvalue weighted by molar-refractivity contribution is 5.77. The maximum absolute atomic E-state index is 7.24. The number of amidine groups is 1. The Kier molecular flexibility index (Phi) is 3.85. The van der Waals surface area contributed by atoms with Gasteiger partial charge in [0.15, 0.2) is 0 Å². The van der Waals surface area contributed by atoms with E-state index in [9.17, 15) is 0 Å². The first-order valence-electron chi connectivity index (χ1n) is 4.99. The average Bonchev–Trinajstić information content (AvgIpc) is 2.50. The molecule has 0 saturated carbocycles. The van der Waals surface area contributed by atoms with Crippen LogP contribution in [0.2, 0.25) is 0 Å². The van der Waals surface area contributed by atoms with E-state index in [1.54, 1.807) is 4.68 Å². The first-order chi connectivity index (χ1) is 6.99. The number of aromatic nitrogens is 2. The van der Waals surface area contributed by atoms with Gasteiger partial charge < -0.3 is 5.73 Å². The van der Waals surface area contributed by atoms with Crippen LogP contribution in [0.25, 0.3) is 0 Å². The fourth-order valence-electron chi connectivity index (χ4n) is 1.47. The zero-order valence-corrected chi connectivity index (χ0v) is 9.57. The highest BCUT2D eigenvalue weighted by Crippen LogP contribution is 2.07. The first-order valence-corrected chi connectivity index (χ1v) is 4.99. The molecule has 1 aromatic rings. The molecule has 0 aliphatic rings. The van der Waals surface area contributed by atoms with Gasteiger partial charge in [-0.05, 0) is 14.0 Å². The van der Waals surface area contributed by atoms with Gasteiger partial charge in [-0.1, -0.05) is 0 Å². The zero-order valence-electron chi connectivity index (χ0n) is 9.57. The van der Waals surface area contributed by atoms with E-state index < -0.39 is 0 Å². The van der Waals surface area contributed by atoms with Crippen LogP contribution in [0.3, 0.4) is 0 Å². The van der Waals surface area contributed by atoms with Gasteiger partial charge in [0.25, 0.3) is 0 Å². The molecule has 1 aromatic heterocycles. The summed E-state index contributed by atoms with van der Waals surface area (Å²) in [5.41, 5.74) is 6.55. The molecule has 5 nitrogen and oxygen atoms in total. The number of nitrogens with one attached hydrogen (secondary N) is 1. The summed E-state index contributed by atoms with van der Waals surface area (Å²) in [6, 6.07) is 0.280. The quantitative estimate of drug-likeness (QED) is 0.550. The van der Waals surface area contributed by atoms with E-state index in [2.05, 4.69) is 16.9 Å². The Labute approximate surface area is 90.4 Å². The Morgan fingerprint density at radius 3 is 2.87 bits per heavy atom. The summed E-state index contributed by atoms with van der Waals surface area (Å²) >= 11 is 0.